The van der Waals surface area contributed by atoms with Gasteiger partial charge in [0.2, 0.25) is 0 Å². The summed E-state index contributed by atoms with van der Waals surface area (Å²) in [5.41, 5.74) is 1.52. The van der Waals surface area contributed by atoms with Gasteiger partial charge in [-0.25, -0.2) is 4.79 Å². The van der Waals surface area contributed by atoms with Gasteiger partial charge in [0.05, 0.1) is 19.8 Å². The van der Waals surface area contributed by atoms with Crippen molar-refractivity contribution in [1.29, 1.82) is 0 Å². The zero-order valence-electron chi connectivity index (χ0n) is 18.3. The number of nitrogens with one attached hydrogen (secondary N) is 1. The quantitative estimate of drug-likeness (QED) is 0.594. The zero-order chi connectivity index (χ0) is 22.8. The number of hydrogen-bond donors (Lipinski definition) is 1. The van der Waals surface area contributed by atoms with E-state index >= 15 is 0 Å². The summed E-state index contributed by atoms with van der Waals surface area (Å²) in [5.74, 6) is 0. The Kier molecular flexibility index (Phi) is 6.24. The molecule has 2 fully saturated rings. The van der Waals surface area contributed by atoms with E-state index in [1.54, 1.807) is 6.92 Å². The molecule has 0 amide bonds. The predicted octanol–water partition coefficient (Wildman–Crippen LogP) is 2.31. The molecular formula is C25H26N2O6. The molecule has 3 heterocycles. The molecule has 0 unspecified atom stereocenters. The fraction of sp³-hybridized carbons (Fsp3) is 0.360. The number of benzene rings is 2. The lowest BCUT2D eigenvalue weighted by atomic mass is 10.0. The summed E-state index contributed by atoms with van der Waals surface area (Å²) in [6.45, 7) is 2.75. The Hall–Kier alpha value is -3.04. The van der Waals surface area contributed by atoms with E-state index in [2.05, 4.69) is 4.98 Å². The molecule has 1 N–H and O–H groups in total. The summed E-state index contributed by atoms with van der Waals surface area (Å²) < 4.78 is 26.3. The molecule has 33 heavy (non-hydrogen) atoms. The van der Waals surface area contributed by atoms with E-state index in [-0.39, 0.29) is 6.10 Å². The van der Waals surface area contributed by atoms with Crippen molar-refractivity contribution in [3.8, 4) is 0 Å². The first-order chi connectivity index (χ1) is 16.1. The van der Waals surface area contributed by atoms with Crippen LogP contribution in [-0.2, 0) is 32.2 Å². The van der Waals surface area contributed by atoms with Crippen molar-refractivity contribution < 1.29 is 18.9 Å². The summed E-state index contributed by atoms with van der Waals surface area (Å²) in [5, 5.41) is 0. The van der Waals surface area contributed by atoms with Crippen LogP contribution < -0.4 is 11.2 Å². The first kappa shape index (κ1) is 21.8. The molecule has 5 atom stereocenters. The van der Waals surface area contributed by atoms with E-state index in [1.807, 2.05) is 60.7 Å². The molecular weight excluding hydrogens is 424 g/mol. The third-order valence-electron chi connectivity index (χ3n) is 6.06. The van der Waals surface area contributed by atoms with Crippen LogP contribution in [0.25, 0.3) is 0 Å². The van der Waals surface area contributed by atoms with Crippen LogP contribution in [0.2, 0.25) is 0 Å². The van der Waals surface area contributed by atoms with Crippen molar-refractivity contribution >= 4 is 0 Å². The number of aromatic nitrogens is 2. The van der Waals surface area contributed by atoms with Crippen molar-refractivity contribution in [2.45, 2.75) is 50.8 Å². The second-order valence-corrected chi connectivity index (χ2v) is 8.36. The van der Waals surface area contributed by atoms with Crippen LogP contribution in [0.4, 0.5) is 0 Å². The molecule has 2 aliphatic heterocycles. The minimum absolute atomic E-state index is 0.320. The number of aromatic amines is 1. The molecule has 8 nitrogen and oxygen atoms in total. The van der Waals surface area contributed by atoms with Gasteiger partial charge >= 0.3 is 5.69 Å². The van der Waals surface area contributed by atoms with Gasteiger partial charge in [-0.2, -0.15) is 0 Å². The number of hydrogen-bond acceptors (Lipinski definition) is 6. The predicted molar refractivity (Wildman–Crippen MR) is 120 cm³/mol. The number of nitrogens with zero attached hydrogens (tertiary/aromatic N) is 1. The Morgan fingerprint density at radius 1 is 0.939 bits per heavy atom. The Balaban J connectivity index is 1.39. The SMILES string of the molecule is Cc1cn([C@@H]2O[C@H]3[C@@H](OCc4ccccc4)[C@@H]2OC[C@H]3OCc2ccccc2)c(=O)[nH]c1=O. The highest BCUT2D eigenvalue weighted by atomic mass is 16.7. The molecule has 0 saturated carbocycles. The maximum Gasteiger partial charge on any atom is 0.330 e. The second kappa shape index (κ2) is 9.44. The molecule has 2 bridgehead atoms. The Morgan fingerprint density at radius 2 is 1.58 bits per heavy atom. The summed E-state index contributed by atoms with van der Waals surface area (Å²) in [6, 6.07) is 19.7. The number of ether oxygens (including phenoxy) is 4. The molecule has 3 aromatic rings. The average molecular weight is 450 g/mol. The Labute approximate surface area is 190 Å². The van der Waals surface area contributed by atoms with Crippen molar-refractivity contribution in [3.63, 3.8) is 0 Å². The normalized spacial score (nSPS) is 26.4. The van der Waals surface area contributed by atoms with Gasteiger partial charge in [-0.1, -0.05) is 60.7 Å². The van der Waals surface area contributed by atoms with E-state index < -0.39 is 35.8 Å². The highest BCUT2D eigenvalue weighted by Crippen LogP contribution is 2.39. The molecule has 2 aromatic carbocycles. The van der Waals surface area contributed by atoms with Crippen LogP contribution in [0.15, 0.2) is 76.4 Å². The summed E-state index contributed by atoms with van der Waals surface area (Å²) in [6.07, 6.45) is -0.984. The average Bonchev–Trinajstić information content (AvgIpc) is 3.08. The molecule has 2 saturated heterocycles. The van der Waals surface area contributed by atoms with Crippen LogP contribution in [0.3, 0.4) is 0 Å². The molecule has 0 aliphatic carbocycles. The lowest BCUT2D eigenvalue weighted by Gasteiger charge is -2.34. The largest absolute Gasteiger partial charge is 0.368 e. The smallest absolute Gasteiger partial charge is 0.330 e. The van der Waals surface area contributed by atoms with Crippen LogP contribution >= 0.6 is 0 Å². The molecule has 2 aliphatic rings. The summed E-state index contributed by atoms with van der Waals surface area (Å²) in [4.78, 5) is 26.7. The van der Waals surface area contributed by atoms with Crippen LogP contribution in [0.5, 0.6) is 0 Å². The molecule has 0 spiro atoms. The maximum absolute atomic E-state index is 12.5. The standard InChI is InChI=1S/C25H26N2O6/c1-16-12-27(25(29)26-23(16)28)24-22-21(31-14-18-10-6-3-7-11-18)20(33-24)19(15-32-22)30-13-17-8-4-2-5-9-17/h2-12,19-22,24H,13-15H2,1H3,(H,26,28,29)/t19-,20-,21-,22+,24-/m1/s1. The van der Waals surface area contributed by atoms with Gasteiger partial charge in [0.1, 0.15) is 24.4 Å². The van der Waals surface area contributed by atoms with Gasteiger partial charge in [0.25, 0.3) is 5.56 Å². The highest BCUT2D eigenvalue weighted by molar-refractivity contribution is 5.15. The van der Waals surface area contributed by atoms with Gasteiger partial charge in [-0.3, -0.25) is 14.3 Å². The third kappa shape index (κ3) is 4.56. The van der Waals surface area contributed by atoms with E-state index in [9.17, 15) is 9.59 Å². The molecule has 0 radical (unpaired) electrons. The summed E-state index contributed by atoms with van der Waals surface area (Å²) in [7, 11) is 0. The topological polar surface area (TPSA) is 91.8 Å². The van der Waals surface area contributed by atoms with Gasteiger partial charge in [0.15, 0.2) is 6.23 Å². The van der Waals surface area contributed by atoms with E-state index in [4.69, 9.17) is 18.9 Å². The van der Waals surface area contributed by atoms with Crippen molar-refractivity contribution in [2.24, 2.45) is 0 Å². The highest BCUT2D eigenvalue weighted by Gasteiger charge is 2.54. The van der Waals surface area contributed by atoms with Crippen molar-refractivity contribution in [2.75, 3.05) is 6.61 Å². The van der Waals surface area contributed by atoms with Crippen LogP contribution in [0.1, 0.15) is 22.9 Å². The fourth-order valence-corrected chi connectivity index (χ4v) is 4.32. The third-order valence-corrected chi connectivity index (χ3v) is 6.06. The maximum atomic E-state index is 12.5. The van der Waals surface area contributed by atoms with Gasteiger partial charge in [-0.15, -0.1) is 0 Å². The van der Waals surface area contributed by atoms with Gasteiger partial charge < -0.3 is 18.9 Å². The lowest BCUT2D eigenvalue weighted by Crippen LogP contribution is -2.50. The molecule has 5 rings (SSSR count). The van der Waals surface area contributed by atoms with E-state index in [0.29, 0.717) is 25.4 Å². The van der Waals surface area contributed by atoms with Crippen LogP contribution in [0, 0.1) is 6.92 Å². The Bertz CT molecular complexity index is 1190. The minimum atomic E-state index is -0.732. The van der Waals surface area contributed by atoms with Crippen LogP contribution in [-0.4, -0.2) is 40.6 Å². The second-order valence-electron chi connectivity index (χ2n) is 8.36. The fourth-order valence-electron chi connectivity index (χ4n) is 4.32. The van der Waals surface area contributed by atoms with E-state index in [1.165, 1.54) is 10.8 Å². The molecule has 172 valence electrons. The summed E-state index contributed by atoms with van der Waals surface area (Å²) >= 11 is 0. The zero-order valence-corrected chi connectivity index (χ0v) is 18.3. The van der Waals surface area contributed by atoms with Crippen molar-refractivity contribution in [3.05, 3.63) is 104 Å². The molecule has 8 heteroatoms. The van der Waals surface area contributed by atoms with E-state index in [0.717, 1.165) is 11.1 Å². The van der Waals surface area contributed by atoms with Gasteiger partial charge in [-0.05, 0) is 18.1 Å². The first-order valence-corrected chi connectivity index (χ1v) is 11.0. The molecule has 1 aromatic heterocycles. The van der Waals surface area contributed by atoms with Gasteiger partial charge in [0, 0.05) is 11.8 Å². The number of fused-ring (bicyclic) bond motifs is 2. The number of H-pyrrole nitrogens is 1. The number of aryl methyl sites for hydroxylation is 1. The first-order valence-electron chi connectivity index (χ1n) is 11.0. The number of rotatable bonds is 7. The van der Waals surface area contributed by atoms with Crippen molar-refractivity contribution in [1.82, 2.24) is 9.55 Å². The monoisotopic (exact) mass is 450 g/mol. The minimum Gasteiger partial charge on any atom is -0.368 e. The Morgan fingerprint density at radius 3 is 2.24 bits per heavy atom. The lowest BCUT2D eigenvalue weighted by molar-refractivity contribution is -0.172.